The van der Waals surface area contributed by atoms with Crippen LogP contribution >= 0.6 is 22.6 Å². The summed E-state index contributed by atoms with van der Waals surface area (Å²) in [6.45, 7) is 3.79. The Labute approximate surface area is 132 Å². The second-order valence-corrected chi connectivity index (χ2v) is 5.86. The third-order valence-electron chi connectivity index (χ3n) is 2.65. The standard InChI is InChI=1S/C16H16INO2/c1-11(2)18-16(19)20-15-10-13(8-9-14(15)17)12-6-4-3-5-7-12/h3-11H,1-2H3,(H,18,19). The molecule has 0 aliphatic heterocycles. The van der Waals surface area contributed by atoms with Crippen molar-refractivity contribution in [3.05, 3.63) is 52.1 Å². The van der Waals surface area contributed by atoms with Crippen LogP contribution in [0.4, 0.5) is 4.79 Å². The van der Waals surface area contributed by atoms with E-state index < -0.39 is 6.09 Å². The van der Waals surface area contributed by atoms with E-state index in [1.807, 2.05) is 62.4 Å². The highest BCUT2D eigenvalue weighted by Crippen LogP contribution is 2.28. The van der Waals surface area contributed by atoms with Gasteiger partial charge in [-0.25, -0.2) is 4.79 Å². The van der Waals surface area contributed by atoms with Gasteiger partial charge in [0.25, 0.3) is 0 Å². The first-order valence-corrected chi connectivity index (χ1v) is 7.47. The van der Waals surface area contributed by atoms with Crippen LogP contribution in [0.5, 0.6) is 5.75 Å². The Hall–Kier alpha value is -1.56. The van der Waals surface area contributed by atoms with Crippen molar-refractivity contribution >= 4 is 28.7 Å². The van der Waals surface area contributed by atoms with E-state index in [2.05, 4.69) is 27.9 Å². The van der Waals surface area contributed by atoms with Crippen molar-refractivity contribution in [2.75, 3.05) is 0 Å². The lowest BCUT2D eigenvalue weighted by molar-refractivity contribution is 0.197. The van der Waals surface area contributed by atoms with Crippen LogP contribution in [0, 0.1) is 3.57 Å². The Balaban J connectivity index is 2.23. The highest BCUT2D eigenvalue weighted by Gasteiger charge is 2.10. The van der Waals surface area contributed by atoms with Gasteiger partial charge < -0.3 is 10.1 Å². The Kier molecular flexibility index (Phi) is 5.00. The molecule has 3 nitrogen and oxygen atoms in total. The largest absolute Gasteiger partial charge is 0.412 e. The van der Waals surface area contributed by atoms with E-state index in [1.165, 1.54) is 0 Å². The maximum absolute atomic E-state index is 11.7. The summed E-state index contributed by atoms with van der Waals surface area (Å²) in [4.78, 5) is 11.7. The number of carbonyl (C=O) groups excluding carboxylic acids is 1. The van der Waals surface area contributed by atoms with E-state index in [1.54, 1.807) is 0 Å². The molecular weight excluding hydrogens is 365 g/mol. The van der Waals surface area contributed by atoms with Crippen LogP contribution in [0.1, 0.15) is 13.8 Å². The summed E-state index contributed by atoms with van der Waals surface area (Å²) in [6.07, 6.45) is -0.428. The van der Waals surface area contributed by atoms with E-state index in [0.29, 0.717) is 5.75 Å². The molecule has 0 saturated carbocycles. The van der Waals surface area contributed by atoms with E-state index in [0.717, 1.165) is 14.7 Å². The van der Waals surface area contributed by atoms with E-state index in [9.17, 15) is 4.79 Å². The number of rotatable bonds is 3. The lowest BCUT2D eigenvalue weighted by Gasteiger charge is -2.11. The minimum atomic E-state index is -0.428. The minimum Gasteiger partial charge on any atom is -0.409 e. The van der Waals surface area contributed by atoms with Gasteiger partial charge in [-0.15, -0.1) is 0 Å². The number of ether oxygens (including phenoxy) is 1. The second kappa shape index (κ2) is 6.74. The van der Waals surface area contributed by atoms with Gasteiger partial charge in [0.15, 0.2) is 0 Å². The highest BCUT2D eigenvalue weighted by molar-refractivity contribution is 14.1. The minimum absolute atomic E-state index is 0.0532. The van der Waals surface area contributed by atoms with Crippen LogP contribution in [0.25, 0.3) is 11.1 Å². The fourth-order valence-corrected chi connectivity index (χ4v) is 2.20. The molecule has 0 saturated heterocycles. The molecule has 104 valence electrons. The summed E-state index contributed by atoms with van der Waals surface area (Å²) in [5, 5.41) is 2.71. The van der Waals surface area contributed by atoms with Gasteiger partial charge in [0.2, 0.25) is 0 Å². The number of carbonyl (C=O) groups is 1. The number of benzene rings is 2. The molecule has 0 aromatic heterocycles. The van der Waals surface area contributed by atoms with Gasteiger partial charge in [0.1, 0.15) is 5.75 Å². The predicted octanol–water partition coefficient (Wildman–Crippen LogP) is 4.46. The van der Waals surface area contributed by atoms with Gasteiger partial charge in [0.05, 0.1) is 3.57 Å². The number of hydrogen-bond donors (Lipinski definition) is 1. The van der Waals surface area contributed by atoms with Crippen molar-refractivity contribution in [3.63, 3.8) is 0 Å². The average Bonchev–Trinajstić information content (AvgIpc) is 2.41. The fourth-order valence-electron chi connectivity index (χ4n) is 1.76. The van der Waals surface area contributed by atoms with Gasteiger partial charge in [0, 0.05) is 6.04 Å². The summed E-state index contributed by atoms with van der Waals surface area (Å²) < 4.78 is 6.26. The van der Waals surface area contributed by atoms with Gasteiger partial charge in [-0.2, -0.15) is 0 Å². The summed E-state index contributed by atoms with van der Waals surface area (Å²) in [6, 6.07) is 15.9. The van der Waals surface area contributed by atoms with Gasteiger partial charge >= 0.3 is 6.09 Å². The monoisotopic (exact) mass is 381 g/mol. The number of amides is 1. The van der Waals surface area contributed by atoms with Crippen molar-refractivity contribution in [2.45, 2.75) is 19.9 Å². The maximum Gasteiger partial charge on any atom is 0.412 e. The molecule has 0 aliphatic carbocycles. The molecule has 0 atom stereocenters. The molecule has 0 heterocycles. The van der Waals surface area contributed by atoms with Crippen LogP contribution in [0.15, 0.2) is 48.5 Å². The SMILES string of the molecule is CC(C)NC(=O)Oc1cc(-c2ccccc2)ccc1I. The zero-order chi connectivity index (χ0) is 14.5. The van der Waals surface area contributed by atoms with Crippen molar-refractivity contribution in [1.82, 2.24) is 5.32 Å². The van der Waals surface area contributed by atoms with Gasteiger partial charge in [-0.3, -0.25) is 0 Å². The van der Waals surface area contributed by atoms with Crippen molar-refractivity contribution in [1.29, 1.82) is 0 Å². The molecule has 0 spiro atoms. The zero-order valence-corrected chi connectivity index (χ0v) is 13.5. The van der Waals surface area contributed by atoms with Crippen molar-refractivity contribution in [2.24, 2.45) is 0 Å². The summed E-state index contributed by atoms with van der Waals surface area (Å²) in [7, 11) is 0. The quantitative estimate of drug-likeness (QED) is 0.798. The van der Waals surface area contributed by atoms with Gasteiger partial charge in [-0.1, -0.05) is 36.4 Å². The molecule has 0 fully saturated rings. The molecule has 1 amide bonds. The topological polar surface area (TPSA) is 38.3 Å². The average molecular weight is 381 g/mol. The van der Waals surface area contributed by atoms with Crippen LogP contribution in [-0.4, -0.2) is 12.1 Å². The molecule has 2 aromatic rings. The maximum atomic E-state index is 11.7. The Morgan fingerprint density at radius 2 is 1.80 bits per heavy atom. The molecule has 0 unspecified atom stereocenters. The Bertz CT molecular complexity index is 597. The highest BCUT2D eigenvalue weighted by atomic mass is 127. The van der Waals surface area contributed by atoms with E-state index >= 15 is 0 Å². The first kappa shape index (κ1) is 14.8. The van der Waals surface area contributed by atoms with Crippen LogP contribution in [0.3, 0.4) is 0 Å². The molecule has 0 bridgehead atoms. The molecular formula is C16H16INO2. The smallest absolute Gasteiger partial charge is 0.409 e. The molecule has 0 aliphatic rings. The first-order chi connectivity index (χ1) is 9.56. The predicted molar refractivity (Wildman–Crippen MR) is 88.9 cm³/mol. The molecule has 1 N–H and O–H groups in total. The van der Waals surface area contributed by atoms with E-state index in [-0.39, 0.29) is 6.04 Å². The summed E-state index contributed by atoms with van der Waals surface area (Å²) in [5.41, 5.74) is 2.12. The molecule has 20 heavy (non-hydrogen) atoms. The van der Waals surface area contributed by atoms with Crippen LogP contribution in [0.2, 0.25) is 0 Å². The first-order valence-electron chi connectivity index (χ1n) is 6.39. The summed E-state index contributed by atoms with van der Waals surface area (Å²) >= 11 is 2.16. The summed E-state index contributed by atoms with van der Waals surface area (Å²) in [5.74, 6) is 0.574. The van der Waals surface area contributed by atoms with Crippen molar-refractivity contribution in [3.8, 4) is 16.9 Å². The Morgan fingerprint density at radius 3 is 2.45 bits per heavy atom. The van der Waals surface area contributed by atoms with E-state index in [4.69, 9.17) is 4.74 Å². The zero-order valence-electron chi connectivity index (χ0n) is 11.4. The van der Waals surface area contributed by atoms with Crippen molar-refractivity contribution < 1.29 is 9.53 Å². The van der Waals surface area contributed by atoms with Gasteiger partial charge in [-0.05, 0) is 59.7 Å². The van der Waals surface area contributed by atoms with Crippen LogP contribution < -0.4 is 10.1 Å². The third kappa shape index (κ3) is 3.96. The molecule has 0 radical (unpaired) electrons. The number of halogens is 1. The third-order valence-corrected chi connectivity index (χ3v) is 3.54. The molecule has 2 rings (SSSR count). The lowest BCUT2D eigenvalue weighted by Crippen LogP contribution is -2.32. The number of nitrogens with one attached hydrogen (secondary N) is 1. The Morgan fingerprint density at radius 1 is 1.10 bits per heavy atom. The van der Waals surface area contributed by atoms with Crippen LogP contribution in [-0.2, 0) is 0 Å². The number of hydrogen-bond acceptors (Lipinski definition) is 2. The second-order valence-electron chi connectivity index (χ2n) is 4.70. The lowest BCUT2D eigenvalue weighted by atomic mass is 10.1. The molecule has 2 aromatic carbocycles. The fraction of sp³-hybridized carbons (Fsp3) is 0.188. The normalized spacial score (nSPS) is 10.4. The molecule has 4 heteroatoms.